The Labute approximate surface area is 247 Å². The summed E-state index contributed by atoms with van der Waals surface area (Å²) >= 11 is 5.83. The van der Waals surface area contributed by atoms with E-state index in [2.05, 4.69) is 47.6 Å². The molecule has 4 aromatic heterocycles. The van der Waals surface area contributed by atoms with Gasteiger partial charge in [-0.15, -0.1) is 0 Å². The van der Waals surface area contributed by atoms with Crippen molar-refractivity contribution in [3.63, 3.8) is 0 Å². The Morgan fingerprint density at radius 3 is 2.57 bits per heavy atom. The van der Waals surface area contributed by atoms with E-state index in [-0.39, 0.29) is 24.2 Å². The van der Waals surface area contributed by atoms with Crippen LogP contribution in [-0.4, -0.2) is 56.0 Å². The second-order valence-electron chi connectivity index (χ2n) is 9.88. The fourth-order valence-electron chi connectivity index (χ4n) is 4.25. The molecule has 0 fully saturated rings. The van der Waals surface area contributed by atoms with Crippen molar-refractivity contribution in [2.24, 2.45) is 0 Å². The molecule has 4 heterocycles. The fourth-order valence-corrected chi connectivity index (χ4v) is 4.36. The summed E-state index contributed by atoms with van der Waals surface area (Å²) < 4.78 is 1.46. The van der Waals surface area contributed by atoms with Crippen molar-refractivity contribution in [1.29, 1.82) is 0 Å². The third-order valence-electron chi connectivity index (χ3n) is 6.27. The summed E-state index contributed by atoms with van der Waals surface area (Å²) in [5.74, 6) is 0.0287. The van der Waals surface area contributed by atoms with Crippen molar-refractivity contribution in [3.05, 3.63) is 123 Å². The van der Waals surface area contributed by atoms with E-state index in [0.29, 0.717) is 22.3 Å². The van der Waals surface area contributed by atoms with Gasteiger partial charge in [0.2, 0.25) is 5.95 Å². The molecule has 5 aromatic rings. The van der Waals surface area contributed by atoms with Gasteiger partial charge in [-0.3, -0.25) is 14.6 Å². The van der Waals surface area contributed by atoms with Gasteiger partial charge in [-0.05, 0) is 67.7 Å². The molecular weight excluding hydrogens is 552 g/mol. The number of carbonyl (C=O) groups excluding carboxylic acids is 1. The van der Waals surface area contributed by atoms with Crippen LogP contribution in [0.2, 0.25) is 5.15 Å². The van der Waals surface area contributed by atoms with E-state index in [1.807, 2.05) is 32.3 Å². The van der Waals surface area contributed by atoms with E-state index in [0.717, 1.165) is 23.2 Å². The number of pyridine rings is 3. The monoisotopic (exact) mass is 580 g/mol. The van der Waals surface area contributed by atoms with Gasteiger partial charge >= 0.3 is 0 Å². The van der Waals surface area contributed by atoms with E-state index in [1.165, 1.54) is 16.2 Å². The van der Waals surface area contributed by atoms with Crippen molar-refractivity contribution in [2.45, 2.75) is 13.1 Å². The van der Waals surface area contributed by atoms with Gasteiger partial charge in [-0.25, -0.2) is 15.0 Å². The van der Waals surface area contributed by atoms with Gasteiger partial charge in [0.05, 0.1) is 24.0 Å². The molecule has 0 bridgehead atoms. The number of hydrogen-bond acceptors (Lipinski definition) is 8. The smallest absolute Gasteiger partial charge is 0.263 e. The van der Waals surface area contributed by atoms with E-state index < -0.39 is 5.91 Å². The van der Waals surface area contributed by atoms with Gasteiger partial charge in [0.25, 0.3) is 11.5 Å². The third-order valence-corrected chi connectivity index (χ3v) is 6.50. The third kappa shape index (κ3) is 7.42. The molecule has 212 valence electrons. The molecule has 1 aromatic carbocycles. The number of hydrogen-bond donors (Lipinski definition) is 2. The van der Waals surface area contributed by atoms with Crippen molar-refractivity contribution in [2.75, 3.05) is 26.0 Å². The molecule has 1 amide bonds. The highest BCUT2D eigenvalue weighted by atomic mass is 35.5. The number of aromatic nitrogens is 5. The molecule has 0 unspecified atom stereocenters. The lowest BCUT2D eigenvalue weighted by Crippen LogP contribution is -2.33. The van der Waals surface area contributed by atoms with Crippen LogP contribution in [-0.2, 0) is 13.1 Å². The zero-order valence-corrected chi connectivity index (χ0v) is 23.9. The first-order valence-electron chi connectivity index (χ1n) is 13.2. The molecule has 11 heteroatoms. The lowest BCUT2D eigenvalue weighted by atomic mass is 10.2. The highest BCUT2D eigenvalue weighted by Crippen LogP contribution is 2.18. The number of halogens is 1. The quantitative estimate of drug-likeness (QED) is 0.231. The molecular formula is C31H29ClN8O2. The van der Waals surface area contributed by atoms with Gasteiger partial charge in [-0.1, -0.05) is 35.9 Å². The van der Waals surface area contributed by atoms with Gasteiger partial charge < -0.3 is 20.1 Å². The summed E-state index contributed by atoms with van der Waals surface area (Å²) in [6.45, 7) is 1.38. The number of benzene rings is 1. The summed E-state index contributed by atoms with van der Waals surface area (Å²) in [7, 11) is 4.08. The Hall–Kier alpha value is -4.93. The summed E-state index contributed by atoms with van der Waals surface area (Å²) in [5, 5.41) is 7.20. The summed E-state index contributed by atoms with van der Waals surface area (Å²) in [6, 6.07) is 16.6. The van der Waals surface area contributed by atoms with Crippen molar-refractivity contribution >= 4 is 46.1 Å². The molecule has 5 rings (SSSR count). The minimum Gasteiger partial charge on any atom is -0.348 e. The van der Waals surface area contributed by atoms with Gasteiger partial charge in [0.15, 0.2) is 0 Å². The standard InChI is InChI=1S/C31H29ClN8O2/c1-39(2)19-21-7-10-24(11-8-21)37-31-36-17-23-15-25(34-18-27(23)38-31)5-3-13-33-29(41)26-6-4-14-40(30(26)42)20-22-9-12-28(32)35-16-22/h3-12,14-18H,13,19-20H2,1-2H3,(H,33,41)(H,36,37,38). The predicted octanol–water partition coefficient (Wildman–Crippen LogP) is 4.53. The fraction of sp³-hybridized carbons (Fsp3) is 0.161. The molecule has 0 aliphatic rings. The molecule has 10 nitrogen and oxygen atoms in total. The van der Waals surface area contributed by atoms with Crippen LogP contribution >= 0.6 is 11.6 Å². The summed E-state index contributed by atoms with van der Waals surface area (Å²) in [5.41, 5.74) is 3.99. The SMILES string of the molecule is CN(C)Cc1ccc(Nc2ncc3cc(C=CCNC(=O)c4cccn(Cc5ccc(Cl)nc5)c4=O)ncc3n2)cc1. The number of anilines is 2. The van der Waals surface area contributed by atoms with E-state index >= 15 is 0 Å². The Bertz CT molecular complexity index is 1780. The second-order valence-corrected chi connectivity index (χ2v) is 10.3. The van der Waals surface area contributed by atoms with Crippen LogP contribution in [0.1, 0.15) is 27.2 Å². The van der Waals surface area contributed by atoms with Gasteiger partial charge in [-0.2, -0.15) is 0 Å². The number of carbonyl (C=O) groups is 1. The van der Waals surface area contributed by atoms with E-state index in [1.54, 1.807) is 55.1 Å². The average Bonchev–Trinajstić information content (AvgIpc) is 2.98. The lowest BCUT2D eigenvalue weighted by Gasteiger charge is -2.10. The number of rotatable bonds is 10. The average molecular weight is 581 g/mol. The topological polar surface area (TPSA) is 118 Å². The van der Waals surface area contributed by atoms with Crippen LogP contribution in [0.3, 0.4) is 0 Å². The van der Waals surface area contributed by atoms with Crippen molar-refractivity contribution in [1.82, 2.24) is 34.7 Å². The van der Waals surface area contributed by atoms with Crippen LogP contribution in [0.25, 0.3) is 17.0 Å². The first kappa shape index (κ1) is 28.6. The molecule has 0 aliphatic carbocycles. The summed E-state index contributed by atoms with van der Waals surface area (Å²) in [6.07, 6.45) is 10.2. The molecule has 0 atom stereocenters. The highest BCUT2D eigenvalue weighted by molar-refractivity contribution is 6.29. The van der Waals surface area contributed by atoms with E-state index in [4.69, 9.17) is 11.6 Å². The lowest BCUT2D eigenvalue weighted by molar-refractivity contribution is 0.0956. The van der Waals surface area contributed by atoms with Crippen LogP contribution < -0.4 is 16.2 Å². The minimum atomic E-state index is -0.458. The van der Waals surface area contributed by atoms with Crippen LogP contribution in [0, 0.1) is 0 Å². The number of nitrogens with zero attached hydrogens (tertiary/aromatic N) is 6. The Balaban J connectivity index is 1.17. The van der Waals surface area contributed by atoms with Gasteiger partial charge in [0.1, 0.15) is 10.7 Å². The molecule has 42 heavy (non-hydrogen) atoms. The number of amides is 1. The molecule has 2 N–H and O–H groups in total. The largest absolute Gasteiger partial charge is 0.348 e. The summed E-state index contributed by atoms with van der Waals surface area (Å²) in [4.78, 5) is 45.1. The maximum atomic E-state index is 12.8. The maximum absolute atomic E-state index is 12.8. The van der Waals surface area contributed by atoms with Crippen LogP contribution in [0.5, 0.6) is 0 Å². The molecule has 0 spiro atoms. The predicted molar refractivity (Wildman–Crippen MR) is 165 cm³/mol. The molecule has 0 saturated heterocycles. The zero-order valence-electron chi connectivity index (χ0n) is 23.2. The van der Waals surface area contributed by atoms with Crippen molar-refractivity contribution < 1.29 is 4.79 Å². The highest BCUT2D eigenvalue weighted by Gasteiger charge is 2.12. The normalized spacial score (nSPS) is 11.3. The first-order chi connectivity index (χ1) is 20.3. The molecule has 0 aliphatic heterocycles. The Morgan fingerprint density at radius 2 is 1.81 bits per heavy atom. The minimum absolute atomic E-state index is 0.0581. The van der Waals surface area contributed by atoms with Gasteiger partial charge in [0, 0.05) is 42.8 Å². The van der Waals surface area contributed by atoms with Crippen molar-refractivity contribution in [3.8, 4) is 0 Å². The molecule has 0 radical (unpaired) electrons. The van der Waals surface area contributed by atoms with Crippen LogP contribution in [0.15, 0.2) is 90.3 Å². The van der Waals surface area contributed by atoms with E-state index in [9.17, 15) is 9.59 Å². The molecule has 0 saturated carbocycles. The number of nitrogens with one attached hydrogen (secondary N) is 2. The number of fused-ring (bicyclic) bond motifs is 1. The Kier molecular flexibility index (Phi) is 8.96. The maximum Gasteiger partial charge on any atom is 0.263 e. The second kappa shape index (κ2) is 13.2. The van der Waals surface area contributed by atoms with Crippen LogP contribution in [0.4, 0.5) is 11.6 Å². The first-order valence-corrected chi connectivity index (χ1v) is 13.6. The Morgan fingerprint density at radius 1 is 1.00 bits per heavy atom. The zero-order chi connectivity index (χ0) is 29.5.